The van der Waals surface area contributed by atoms with E-state index in [1.807, 2.05) is 30.3 Å². The zero-order chi connectivity index (χ0) is 11.1. The van der Waals surface area contributed by atoms with Crippen LogP contribution < -0.4 is 5.73 Å². The molecule has 0 aromatic heterocycles. The van der Waals surface area contributed by atoms with Crippen molar-refractivity contribution < 1.29 is 9.53 Å². The SMILES string of the molecule is CCOC(=O)/C=C/[C@@H](N)c1ccccc1. The first-order valence-corrected chi connectivity index (χ1v) is 4.89. The van der Waals surface area contributed by atoms with Crippen molar-refractivity contribution in [2.75, 3.05) is 6.61 Å². The standard InChI is InChI=1S/C12H15NO2/c1-2-15-12(14)9-8-11(13)10-6-4-3-5-7-10/h3-9,11H,2,13H2,1H3/b9-8+/t11-/m1/s1. The summed E-state index contributed by atoms with van der Waals surface area (Å²) in [5, 5.41) is 0. The van der Waals surface area contributed by atoms with Crippen molar-refractivity contribution in [1.29, 1.82) is 0 Å². The Kier molecular flexibility index (Phi) is 4.57. The van der Waals surface area contributed by atoms with Gasteiger partial charge in [-0.2, -0.15) is 0 Å². The van der Waals surface area contributed by atoms with Gasteiger partial charge in [-0.1, -0.05) is 36.4 Å². The summed E-state index contributed by atoms with van der Waals surface area (Å²) in [6, 6.07) is 9.31. The van der Waals surface area contributed by atoms with Crippen molar-refractivity contribution in [3.63, 3.8) is 0 Å². The largest absolute Gasteiger partial charge is 0.463 e. The van der Waals surface area contributed by atoms with Crippen LogP contribution in [-0.4, -0.2) is 12.6 Å². The van der Waals surface area contributed by atoms with Gasteiger partial charge in [0.05, 0.1) is 6.61 Å². The molecule has 1 aromatic rings. The highest BCUT2D eigenvalue weighted by molar-refractivity contribution is 5.82. The first-order chi connectivity index (χ1) is 7.24. The summed E-state index contributed by atoms with van der Waals surface area (Å²) >= 11 is 0. The van der Waals surface area contributed by atoms with Crippen molar-refractivity contribution in [3.8, 4) is 0 Å². The number of benzene rings is 1. The molecule has 1 atom stereocenters. The fourth-order valence-corrected chi connectivity index (χ4v) is 1.16. The third-order valence-electron chi connectivity index (χ3n) is 1.91. The van der Waals surface area contributed by atoms with Gasteiger partial charge in [0.2, 0.25) is 0 Å². The minimum absolute atomic E-state index is 0.268. The molecule has 80 valence electrons. The van der Waals surface area contributed by atoms with Crippen LogP contribution in [0.2, 0.25) is 0 Å². The van der Waals surface area contributed by atoms with Crippen molar-refractivity contribution in [2.24, 2.45) is 5.73 Å². The van der Waals surface area contributed by atoms with Crippen LogP contribution in [0.25, 0.3) is 0 Å². The predicted octanol–water partition coefficient (Wildman–Crippen LogP) is 1.81. The fourth-order valence-electron chi connectivity index (χ4n) is 1.16. The highest BCUT2D eigenvalue weighted by Gasteiger charge is 2.01. The number of esters is 1. The van der Waals surface area contributed by atoms with E-state index in [1.165, 1.54) is 6.08 Å². The number of hydrogen-bond acceptors (Lipinski definition) is 3. The normalized spacial score (nSPS) is 12.7. The third-order valence-corrected chi connectivity index (χ3v) is 1.91. The Bertz CT molecular complexity index is 333. The Morgan fingerprint density at radius 2 is 2.13 bits per heavy atom. The second-order valence-corrected chi connectivity index (χ2v) is 3.05. The van der Waals surface area contributed by atoms with E-state index in [9.17, 15) is 4.79 Å². The number of carbonyl (C=O) groups is 1. The van der Waals surface area contributed by atoms with Crippen LogP contribution in [0.4, 0.5) is 0 Å². The number of nitrogens with two attached hydrogens (primary N) is 1. The van der Waals surface area contributed by atoms with E-state index < -0.39 is 0 Å². The van der Waals surface area contributed by atoms with E-state index >= 15 is 0 Å². The molecule has 0 aliphatic carbocycles. The molecule has 0 bridgehead atoms. The van der Waals surface area contributed by atoms with Gasteiger partial charge in [-0.25, -0.2) is 4.79 Å². The average molecular weight is 205 g/mol. The lowest BCUT2D eigenvalue weighted by atomic mass is 10.1. The summed E-state index contributed by atoms with van der Waals surface area (Å²) in [7, 11) is 0. The molecule has 3 nitrogen and oxygen atoms in total. The third kappa shape index (κ3) is 3.95. The number of rotatable bonds is 4. The zero-order valence-electron chi connectivity index (χ0n) is 8.72. The minimum Gasteiger partial charge on any atom is -0.463 e. The first kappa shape index (κ1) is 11.5. The van der Waals surface area contributed by atoms with Crippen LogP contribution >= 0.6 is 0 Å². The van der Waals surface area contributed by atoms with Crippen molar-refractivity contribution >= 4 is 5.97 Å². The van der Waals surface area contributed by atoms with Gasteiger partial charge in [0.25, 0.3) is 0 Å². The van der Waals surface area contributed by atoms with Crippen molar-refractivity contribution in [2.45, 2.75) is 13.0 Å². The number of carbonyl (C=O) groups excluding carboxylic acids is 1. The van der Waals surface area contributed by atoms with Gasteiger partial charge in [-0.05, 0) is 12.5 Å². The maximum absolute atomic E-state index is 11.0. The van der Waals surface area contributed by atoms with Crippen LogP contribution in [0.3, 0.4) is 0 Å². The summed E-state index contributed by atoms with van der Waals surface area (Å²) in [6.07, 6.45) is 2.99. The molecule has 0 saturated carbocycles. The molecule has 0 unspecified atom stereocenters. The molecule has 0 saturated heterocycles. The quantitative estimate of drug-likeness (QED) is 0.602. The van der Waals surface area contributed by atoms with Gasteiger partial charge < -0.3 is 10.5 Å². The summed E-state index contributed by atoms with van der Waals surface area (Å²) in [6.45, 7) is 2.15. The molecule has 0 heterocycles. The molecular weight excluding hydrogens is 190 g/mol. The molecule has 15 heavy (non-hydrogen) atoms. The first-order valence-electron chi connectivity index (χ1n) is 4.89. The second kappa shape index (κ2) is 5.98. The lowest BCUT2D eigenvalue weighted by Crippen LogP contribution is -2.08. The molecule has 0 amide bonds. The Hall–Kier alpha value is -1.61. The minimum atomic E-state index is -0.358. The molecule has 2 N–H and O–H groups in total. The summed E-state index contributed by atoms with van der Waals surface area (Å²) < 4.78 is 4.75. The number of hydrogen-bond donors (Lipinski definition) is 1. The summed E-state index contributed by atoms with van der Waals surface area (Å²) in [5.41, 5.74) is 6.82. The Labute approximate surface area is 89.5 Å². The van der Waals surface area contributed by atoms with Gasteiger partial charge in [0.15, 0.2) is 0 Å². The Morgan fingerprint density at radius 1 is 1.47 bits per heavy atom. The Morgan fingerprint density at radius 3 is 2.73 bits per heavy atom. The van der Waals surface area contributed by atoms with E-state index in [4.69, 9.17) is 10.5 Å². The molecule has 1 aromatic carbocycles. The highest BCUT2D eigenvalue weighted by atomic mass is 16.5. The molecule has 0 aliphatic rings. The highest BCUT2D eigenvalue weighted by Crippen LogP contribution is 2.10. The average Bonchev–Trinajstić information content (AvgIpc) is 2.27. The number of ether oxygens (including phenoxy) is 1. The van der Waals surface area contributed by atoms with E-state index in [-0.39, 0.29) is 12.0 Å². The van der Waals surface area contributed by atoms with Crippen LogP contribution in [0.15, 0.2) is 42.5 Å². The van der Waals surface area contributed by atoms with E-state index in [2.05, 4.69) is 0 Å². The zero-order valence-corrected chi connectivity index (χ0v) is 8.72. The van der Waals surface area contributed by atoms with Gasteiger partial charge in [-0.15, -0.1) is 0 Å². The van der Waals surface area contributed by atoms with Crippen LogP contribution in [0, 0.1) is 0 Å². The Balaban J connectivity index is 2.56. The smallest absolute Gasteiger partial charge is 0.330 e. The van der Waals surface area contributed by atoms with Gasteiger partial charge in [0.1, 0.15) is 0 Å². The van der Waals surface area contributed by atoms with Gasteiger partial charge in [-0.3, -0.25) is 0 Å². The molecular formula is C12H15NO2. The molecule has 0 spiro atoms. The second-order valence-electron chi connectivity index (χ2n) is 3.05. The molecule has 0 fully saturated rings. The van der Waals surface area contributed by atoms with Crippen molar-refractivity contribution in [3.05, 3.63) is 48.0 Å². The molecule has 1 rings (SSSR count). The fraction of sp³-hybridized carbons (Fsp3) is 0.250. The van der Waals surface area contributed by atoms with Crippen molar-refractivity contribution in [1.82, 2.24) is 0 Å². The summed E-state index contributed by atoms with van der Waals surface area (Å²) in [5.74, 6) is -0.358. The molecule has 0 aliphatic heterocycles. The summed E-state index contributed by atoms with van der Waals surface area (Å²) in [4.78, 5) is 11.0. The maximum atomic E-state index is 11.0. The van der Waals surface area contributed by atoms with Crippen LogP contribution in [0.5, 0.6) is 0 Å². The lowest BCUT2D eigenvalue weighted by Gasteiger charge is -2.05. The van der Waals surface area contributed by atoms with E-state index in [1.54, 1.807) is 13.0 Å². The van der Waals surface area contributed by atoms with E-state index in [0.29, 0.717) is 6.61 Å². The topological polar surface area (TPSA) is 52.3 Å². The van der Waals surface area contributed by atoms with E-state index in [0.717, 1.165) is 5.56 Å². The van der Waals surface area contributed by atoms with Gasteiger partial charge in [0, 0.05) is 12.1 Å². The van der Waals surface area contributed by atoms with Gasteiger partial charge >= 0.3 is 5.97 Å². The van der Waals surface area contributed by atoms with Crippen LogP contribution in [0.1, 0.15) is 18.5 Å². The maximum Gasteiger partial charge on any atom is 0.330 e. The predicted molar refractivity (Wildman–Crippen MR) is 59.1 cm³/mol. The lowest BCUT2D eigenvalue weighted by molar-refractivity contribution is -0.137. The van der Waals surface area contributed by atoms with Crippen LogP contribution in [-0.2, 0) is 9.53 Å². The monoisotopic (exact) mass is 205 g/mol. The molecule has 0 radical (unpaired) electrons. The molecule has 3 heteroatoms.